The molecule has 0 N–H and O–H groups in total. The van der Waals surface area contributed by atoms with Crippen LogP contribution in [0.2, 0.25) is 0 Å². The van der Waals surface area contributed by atoms with Crippen LogP contribution < -0.4 is 0 Å². The molecule has 3 rings (SSSR count). The van der Waals surface area contributed by atoms with Gasteiger partial charge in [-0.2, -0.15) is 0 Å². The molecule has 0 spiro atoms. The predicted molar refractivity (Wildman–Crippen MR) is 101 cm³/mol. The highest BCUT2D eigenvalue weighted by molar-refractivity contribution is 5.92. The van der Waals surface area contributed by atoms with Crippen LogP contribution in [0.3, 0.4) is 0 Å². The fourth-order valence-electron chi connectivity index (χ4n) is 3.31. The fraction of sp³-hybridized carbons (Fsp3) is 0.500. The Morgan fingerprint density at radius 2 is 2.04 bits per heavy atom. The molecule has 0 saturated carbocycles. The zero-order chi connectivity index (χ0) is 18.5. The summed E-state index contributed by atoms with van der Waals surface area (Å²) < 4.78 is 5.39. The Labute approximate surface area is 155 Å². The maximum absolute atomic E-state index is 12.6. The van der Waals surface area contributed by atoms with E-state index >= 15 is 0 Å². The first-order valence-corrected chi connectivity index (χ1v) is 9.16. The van der Waals surface area contributed by atoms with Crippen molar-refractivity contribution in [1.82, 2.24) is 19.9 Å². The van der Waals surface area contributed by atoms with Gasteiger partial charge in [-0.1, -0.05) is 35.5 Å². The summed E-state index contributed by atoms with van der Waals surface area (Å²) in [7, 11) is 6.16. The second kappa shape index (κ2) is 8.47. The highest BCUT2D eigenvalue weighted by Crippen LogP contribution is 2.17. The van der Waals surface area contributed by atoms with Crippen LogP contribution in [0.4, 0.5) is 0 Å². The summed E-state index contributed by atoms with van der Waals surface area (Å²) in [6.45, 7) is 3.10. The number of benzene rings is 1. The van der Waals surface area contributed by atoms with Crippen LogP contribution in [-0.2, 0) is 13.0 Å². The Bertz CT molecular complexity index is 714. The molecule has 1 saturated heterocycles. The number of carbonyl (C=O) groups is 1. The van der Waals surface area contributed by atoms with Crippen molar-refractivity contribution >= 4 is 5.91 Å². The van der Waals surface area contributed by atoms with Gasteiger partial charge < -0.3 is 14.3 Å². The molecule has 0 bridgehead atoms. The van der Waals surface area contributed by atoms with Crippen LogP contribution in [0.1, 0.15) is 28.2 Å². The summed E-state index contributed by atoms with van der Waals surface area (Å²) in [5, 5.41) is 4.00. The lowest BCUT2D eigenvalue weighted by Crippen LogP contribution is -2.34. The molecule has 1 aromatic carbocycles. The van der Waals surface area contributed by atoms with E-state index < -0.39 is 0 Å². The van der Waals surface area contributed by atoms with E-state index in [4.69, 9.17) is 4.52 Å². The zero-order valence-electron chi connectivity index (χ0n) is 15.9. The van der Waals surface area contributed by atoms with Crippen LogP contribution in [-0.4, -0.2) is 72.6 Å². The van der Waals surface area contributed by atoms with Crippen molar-refractivity contribution in [3.8, 4) is 0 Å². The Balaban J connectivity index is 1.50. The Hall–Kier alpha value is -2.18. The SMILES string of the molecule is CN(CCc1ccccc1)Cc1cc(C(=O)N2CCC(N(C)C)C2)no1. The number of carbonyl (C=O) groups excluding carboxylic acids is 1. The van der Waals surface area contributed by atoms with Crippen molar-refractivity contribution < 1.29 is 9.32 Å². The maximum Gasteiger partial charge on any atom is 0.276 e. The van der Waals surface area contributed by atoms with E-state index in [1.54, 1.807) is 6.07 Å². The van der Waals surface area contributed by atoms with Crippen LogP contribution in [0, 0.1) is 0 Å². The number of aromatic nitrogens is 1. The highest BCUT2D eigenvalue weighted by atomic mass is 16.5. The third-order valence-corrected chi connectivity index (χ3v) is 5.01. The van der Waals surface area contributed by atoms with E-state index in [9.17, 15) is 4.79 Å². The second-order valence-electron chi connectivity index (χ2n) is 7.31. The largest absolute Gasteiger partial charge is 0.359 e. The van der Waals surface area contributed by atoms with Crippen molar-refractivity contribution in [2.75, 3.05) is 40.8 Å². The zero-order valence-corrected chi connectivity index (χ0v) is 15.9. The molecule has 2 heterocycles. The summed E-state index contributed by atoms with van der Waals surface area (Å²) in [6, 6.07) is 12.6. The van der Waals surface area contributed by atoms with Crippen LogP contribution in [0.15, 0.2) is 40.9 Å². The Kier molecular flexibility index (Phi) is 6.06. The van der Waals surface area contributed by atoms with E-state index in [1.165, 1.54) is 5.56 Å². The summed E-state index contributed by atoms with van der Waals surface area (Å²) in [5.41, 5.74) is 1.73. The first-order chi connectivity index (χ1) is 12.5. The predicted octanol–water partition coefficient (Wildman–Crippen LogP) is 2.13. The third-order valence-electron chi connectivity index (χ3n) is 5.01. The van der Waals surface area contributed by atoms with Gasteiger partial charge in [-0.05, 0) is 39.5 Å². The van der Waals surface area contributed by atoms with Crippen LogP contribution >= 0.6 is 0 Å². The quantitative estimate of drug-likeness (QED) is 0.761. The number of likely N-dealkylation sites (tertiary alicyclic amines) is 1. The topological polar surface area (TPSA) is 52.8 Å². The van der Waals surface area contributed by atoms with Gasteiger partial charge in [0.1, 0.15) is 0 Å². The number of amides is 1. The molecule has 1 unspecified atom stereocenters. The first-order valence-electron chi connectivity index (χ1n) is 9.16. The lowest BCUT2D eigenvalue weighted by Gasteiger charge is -2.19. The lowest BCUT2D eigenvalue weighted by atomic mass is 10.1. The van der Waals surface area contributed by atoms with E-state index in [0.717, 1.165) is 38.2 Å². The van der Waals surface area contributed by atoms with E-state index in [1.807, 2.05) is 11.0 Å². The number of hydrogen-bond donors (Lipinski definition) is 0. The molecule has 1 fully saturated rings. The molecular formula is C20H28N4O2. The van der Waals surface area contributed by atoms with Crippen molar-refractivity contribution in [2.45, 2.75) is 25.4 Å². The van der Waals surface area contributed by atoms with Crippen LogP contribution in [0.5, 0.6) is 0 Å². The maximum atomic E-state index is 12.6. The molecule has 2 aromatic rings. The second-order valence-corrected chi connectivity index (χ2v) is 7.31. The standard InChI is InChI=1S/C20H28N4O2/c1-22(2)17-10-12-24(14-17)20(25)19-13-18(26-21-19)15-23(3)11-9-16-7-5-4-6-8-16/h4-8,13,17H,9-12,14-15H2,1-3H3. The minimum absolute atomic E-state index is 0.0312. The summed E-state index contributed by atoms with van der Waals surface area (Å²) in [6.07, 6.45) is 1.99. The number of hydrogen-bond acceptors (Lipinski definition) is 5. The molecule has 0 radical (unpaired) electrons. The molecule has 1 atom stereocenters. The van der Waals surface area contributed by atoms with E-state index in [-0.39, 0.29) is 5.91 Å². The molecule has 1 aliphatic heterocycles. The first kappa shape index (κ1) is 18.6. The van der Waals surface area contributed by atoms with Gasteiger partial charge >= 0.3 is 0 Å². The molecule has 140 valence electrons. The van der Waals surface area contributed by atoms with Crippen molar-refractivity contribution in [3.63, 3.8) is 0 Å². The molecule has 0 aliphatic carbocycles. The summed E-state index contributed by atoms with van der Waals surface area (Å²) in [4.78, 5) is 18.8. The van der Waals surface area contributed by atoms with E-state index in [2.05, 4.69) is 60.4 Å². The molecule has 26 heavy (non-hydrogen) atoms. The Morgan fingerprint density at radius 3 is 2.73 bits per heavy atom. The average molecular weight is 356 g/mol. The average Bonchev–Trinajstić information content (AvgIpc) is 3.30. The van der Waals surface area contributed by atoms with Gasteiger partial charge in [-0.25, -0.2) is 0 Å². The minimum Gasteiger partial charge on any atom is -0.359 e. The van der Waals surface area contributed by atoms with Gasteiger partial charge in [0.05, 0.1) is 6.54 Å². The fourth-order valence-corrected chi connectivity index (χ4v) is 3.31. The van der Waals surface area contributed by atoms with Gasteiger partial charge in [0.15, 0.2) is 11.5 Å². The van der Waals surface area contributed by atoms with Gasteiger partial charge in [-0.3, -0.25) is 9.69 Å². The van der Waals surface area contributed by atoms with E-state index in [0.29, 0.717) is 18.3 Å². The number of likely N-dealkylation sites (N-methyl/N-ethyl adjacent to an activating group) is 2. The number of rotatable bonds is 7. The summed E-state index contributed by atoms with van der Waals surface area (Å²) in [5.74, 6) is 0.698. The molecule has 1 aromatic heterocycles. The monoisotopic (exact) mass is 356 g/mol. The van der Waals surface area contributed by atoms with Gasteiger partial charge in [-0.15, -0.1) is 0 Å². The van der Waals surface area contributed by atoms with Crippen LogP contribution in [0.25, 0.3) is 0 Å². The smallest absolute Gasteiger partial charge is 0.276 e. The van der Waals surface area contributed by atoms with Gasteiger partial charge in [0.2, 0.25) is 0 Å². The third kappa shape index (κ3) is 4.71. The number of nitrogens with zero attached hydrogens (tertiary/aromatic N) is 4. The van der Waals surface area contributed by atoms with Crippen molar-refractivity contribution in [2.24, 2.45) is 0 Å². The van der Waals surface area contributed by atoms with Crippen molar-refractivity contribution in [3.05, 3.63) is 53.4 Å². The highest BCUT2D eigenvalue weighted by Gasteiger charge is 2.29. The molecule has 6 nitrogen and oxygen atoms in total. The normalized spacial score (nSPS) is 17.4. The Morgan fingerprint density at radius 1 is 1.27 bits per heavy atom. The molecule has 1 amide bonds. The molecule has 1 aliphatic rings. The lowest BCUT2D eigenvalue weighted by molar-refractivity contribution is 0.0772. The molecule has 6 heteroatoms. The summed E-state index contributed by atoms with van der Waals surface area (Å²) >= 11 is 0. The van der Waals surface area contributed by atoms with Gasteiger partial charge in [0, 0.05) is 31.7 Å². The van der Waals surface area contributed by atoms with Crippen molar-refractivity contribution in [1.29, 1.82) is 0 Å². The molecular weight excluding hydrogens is 328 g/mol. The minimum atomic E-state index is -0.0312. The van der Waals surface area contributed by atoms with Gasteiger partial charge in [0.25, 0.3) is 5.91 Å².